The van der Waals surface area contributed by atoms with E-state index in [0.29, 0.717) is 23.1 Å². The Morgan fingerprint density at radius 1 is 1.26 bits per heavy atom. The highest BCUT2D eigenvalue weighted by atomic mass is 19.3. The van der Waals surface area contributed by atoms with E-state index in [0.717, 1.165) is 0 Å². The summed E-state index contributed by atoms with van der Waals surface area (Å²) >= 11 is 0. The van der Waals surface area contributed by atoms with Crippen molar-refractivity contribution < 1.29 is 13.5 Å². The summed E-state index contributed by atoms with van der Waals surface area (Å²) in [5.41, 5.74) is 5.96. The van der Waals surface area contributed by atoms with Crippen LogP contribution in [0.25, 0.3) is 0 Å². The number of nitrogen functional groups attached to an aromatic ring is 1. The molecule has 1 heterocycles. The lowest BCUT2D eigenvalue weighted by Gasteiger charge is -2.12. The van der Waals surface area contributed by atoms with E-state index in [-0.39, 0.29) is 5.75 Å². The lowest BCUT2D eigenvalue weighted by molar-refractivity contribution is -0.0493. The van der Waals surface area contributed by atoms with Gasteiger partial charge in [0.15, 0.2) is 0 Å². The summed E-state index contributed by atoms with van der Waals surface area (Å²) in [5, 5.41) is 2.87. The van der Waals surface area contributed by atoms with E-state index in [2.05, 4.69) is 20.0 Å². The molecule has 0 saturated carbocycles. The van der Waals surface area contributed by atoms with Crippen molar-refractivity contribution in [1.29, 1.82) is 0 Å². The van der Waals surface area contributed by atoms with Crippen LogP contribution in [0.1, 0.15) is 5.82 Å². The summed E-state index contributed by atoms with van der Waals surface area (Å²) in [6.07, 6.45) is 0. The number of nitrogens with two attached hydrogens (primary N) is 1. The molecule has 0 aliphatic carbocycles. The highest BCUT2D eigenvalue weighted by Gasteiger charge is 2.10. The number of halogens is 2. The monoisotopic (exact) mass is 266 g/mol. The number of alkyl halides is 2. The molecule has 0 unspecified atom stereocenters. The van der Waals surface area contributed by atoms with E-state index in [1.54, 1.807) is 25.1 Å². The Bertz CT molecular complexity index is 557. The Hall–Kier alpha value is -2.44. The molecule has 1 aromatic carbocycles. The third-order valence-electron chi connectivity index (χ3n) is 2.22. The van der Waals surface area contributed by atoms with Crippen LogP contribution in [0, 0.1) is 6.92 Å². The number of ether oxygens (including phenoxy) is 1. The smallest absolute Gasteiger partial charge is 0.387 e. The normalized spacial score (nSPS) is 10.5. The first-order chi connectivity index (χ1) is 9.04. The first-order valence-electron chi connectivity index (χ1n) is 5.46. The number of anilines is 3. The van der Waals surface area contributed by atoms with Gasteiger partial charge >= 0.3 is 6.61 Å². The molecule has 100 valence electrons. The van der Waals surface area contributed by atoms with Crippen LogP contribution in [-0.2, 0) is 0 Å². The maximum Gasteiger partial charge on any atom is 0.387 e. The first-order valence-corrected chi connectivity index (χ1v) is 5.46. The van der Waals surface area contributed by atoms with Crippen molar-refractivity contribution in [3.63, 3.8) is 0 Å². The van der Waals surface area contributed by atoms with Crippen molar-refractivity contribution in [2.24, 2.45) is 0 Å². The highest BCUT2D eigenvalue weighted by molar-refractivity contribution is 5.65. The third kappa shape index (κ3) is 3.51. The summed E-state index contributed by atoms with van der Waals surface area (Å²) in [7, 11) is 0. The molecule has 7 heteroatoms. The van der Waals surface area contributed by atoms with Crippen molar-refractivity contribution in [2.45, 2.75) is 13.5 Å². The Morgan fingerprint density at radius 2 is 2.00 bits per heavy atom. The minimum absolute atomic E-state index is 0.0346. The van der Waals surface area contributed by atoms with E-state index in [1.165, 1.54) is 12.1 Å². The second-order valence-corrected chi connectivity index (χ2v) is 3.72. The van der Waals surface area contributed by atoms with Crippen LogP contribution in [-0.4, -0.2) is 16.6 Å². The standard InChI is InChI=1S/C12H12F2N4O/c1-7-16-10(15)6-11(17-7)18-8-4-2-3-5-9(8)19-12(13)14/h2-6,12H,1H3,(H3,15,16,17,18). The molecule has 3 N–H and O–H groups in total. The molecule has 0 aliphatic rings. The van der Waals surface area contributed by atoms with Crippen LogP contribution in [0.2, 0.25) is 0 Å². The molecular formula is C12H12F2N4O. The number of aryl methyl sites for hydroxylation is 1. The number of hydrogen-bond acceptors (Lipinski definition) is 5. The molecule has 0 spiro atoms. The molecule has 5 nitrogen and oxygen atoms in total. The molecular weight excluding hydrogens is 254 g/mol. The van der Waals surface area contributed by atoms with E-state index < -0.39 is 6.61 Å². The van der Waals surface area contributed by atoms with Gasteiger partial charge in [0.1, 0.15) is 23.2 Å². The molecule has 0 atom stereocenters. The predicted octanol–water partition coefficient (Wildman–Crippen LogP) is 2.71. The van der Waals surface area contributed by atoms with Gasteiger partial charge in [-0.05, 0) is 19.1 Å². The third-order valence-corrected chi connectivity index (χ3v) is 2.22. The van der Waals surface area contributed by atoms with Gasteiger partial charge in [-0.2, -0.15) is 8.78 Å². The van der Waals surface area contributed by atoms with Crippen molar-refractivity contribution >= 4 is 17.3 Å². The van der Waals surface area contributed by atoms with Crippen molar-refractivity contribution in [1.82, 2.24) is 9.97 Å². The number of rotatable bonds is 4. The molecule has 2 rings (SSSR count). The molecule has 0 bridgehead atoms. The zero-order valence-electron chi connectivity index (χ0n) is 10.1. The van der Waals surface area contributed by atoms with E-state index in [4.69, 9.17) is 5.73 Å². The van der Waals surface area contributed by atoms with Crippen LogP contribution in [0.15, 0.2) is 30.3 Å². The summed E-state index contributed by atoms with van der Waals surface area (Å²) in [4.78, 5) is 8.03. The fraction of sp³-hybridized carbons (Fsp3) is 0.167. The minimum atomic E-state index is -2.89. The highest BCUT2D eigenvalue weighted by Crippen LogP contribution is 2.28. The van der Waals surface area contributed by atoms with Crippen LogP contribution >= 0.6 is 0 Å². The SMILES string of the molecule is Cc1nc(N)cc(Nc2ccccc2OC(F)F)n1. The number of nitrogens with zero attached hydrogens (tertiary/aromatic N) is 2. The largest absolute Gasteiger partial charge is 0.433 e. The quantitative estimate of drug-likeness (QED) is 0.890. The van der Waals surface area contributed by atoms with E-state index >= 15 is 0 Å². The van der Waals surface area contributed by atoms with Gasteiger partial charge in [-0.25, -0.2) is 9.97 Å². The van der Waals surface area contributed by atoms with Gasteiger partial charge in [-0.3, -0.25) is 0 Å². The van der Waals surface area contributed by atoms with Gasteiger partial charge in [0.2, 0.25) is 0 Å². The molecule has 1 aromatic heterocycles. The molecule has 0 radical (unpaired) electrons. The van der Waals surface area contributed by atoms with Crippen molar-refractivity contribution in [2.75, 3.05) is 11.1 Å². The fourth-order valence-corrected chi connectivity index (χ4v) is 1.56. The summed E-state index contributed by atoms with van der Waals surface area (Å²) in [6, 6.07) is 7.84. The van der Waals surface area contributed by atoms with Gasteiger partial charge < -0.3 is 15.8 Å². The van der Waals surface area contributed by atoms with E-state index in [9.17, 15) is 8.78 Å². The number of aromatic nitrogens is 2. The molecule has 0 saturated heterocycles. The van der Waals surface area contributed by atoms with Crippen LogP contribution < -0.4 is 15.8 Å². The maximum absolute atomic E-state index is 12.3. The minimum Gasteiger partial charge on any atom is -0.433 e. The van der Waals surface area contributed by atoms with Gasteiger partial charge in [0.05, 0.1) is 5.69 Å². The molecule has 0 fully saturated rings. The topological polar surface area (TPSA) is 73.1 Å². The summed E-state index contributed by atoms with van der Waals surface area (Å²) in [5.74, 6) is 1.22. The fourth-order valence-electron chi connectivity index (χ4n) is 1.56. The number of benzene rings is 1. The molecule has 0 amide bonds. The second kappa shape index (κ2) is 5.47. The lowest BCUT2D eigenvalue weighted by atomic mass is 10.3. The average molecular weight is 266 g/mol. The Morgan fingerprint density at radius 3 is 2.68 bits per heavy atom. The molecule has 19 heavy (non-hydrogen) atoms. The summed E-state index contributed by atoms with van der Waals surface area (Å²) < 4.78 is 29.0. The maximum atomic E-state index is 12.3. The van der Waals surface area contributed by atoms with Gasteiger partial charge in [0, 0.05) is 6.07 Å². The van der Waals surface area contributed by atoms with Crippen molar-refractivity contribution in [3.8, 4) is 5.75 Å². The summed E-state index contributed by atoms with van der Waals surface area (Å²) in [6.45, 7) is -1.21. The molecule has 2 aromatic rings. The van der Waals surface area contributed by atoms with E-state index in [1.807, 2.05) is 0 Å². The Kier molecular flexibility index (Phi) is 3.74. The Balaban J connectivity index is 2.27. The number of nitrogens with one attached hydrogen (secondary N) is 1. The zero-order chi connectivity index (χ0) is 13.8. The lowest BCUT2D eigenvalue weighted by Crippen LogP contribution is -2.05. The Labute approximate surface area is 108 Å². The average Bonchev–Trinajstić information content (AvgIpc) is 2.29. The van der Waals surface area contributed by atoms with Crippen LogP contribution in [0.5, 0.6) is 5.75 Å². The zero-order valence-corrected chi connectivity index (χ0v) is 10.1. The van der Waals surface area contributed by atoms with Crippen LogP contribution in [0.4, 0.5) is 26.1 Å². The molecule has 0 aliphatic heterocycles. The van der Waals surface area contributed by atoms with Gasteiger partial charge in [-0.1, -0.05) is 12.1 Å². The first kappa shape index (κ1) is 13.0. The van der Waals surface area contributed by atoms with Crippen molar-refractivity contribution in [3.05, 3.63) is 36.2 Å². The second-order valence-electron chi connectivity index (χ2n) is 3.72. The van der Waals surface area contributed by atoms with Crippen LogP contribution in [0.3, 0.4) is 0 Å². The predicted molar refractivity (Wildman–Crippen MR) is 67.5 cm³/mol. The number of para-hydroxylation sites is 2. The van der Waals surface area contributed by atoms with Gasteiger partial charge in [0.25, 0.3) is 0 Å². The number of hydrogen-bond donors (Lipinski definition) is 2. The van der Waals surface area contributed by atoms with Gasteiger partial charge in [-0.15, -0.1) is 0 Å².